The molecule has 1 N–H and O–H groups in total. The molecule has 0 radical (unpaired) electrons. The number of morpholine rings is 1. The summed E-state index contributed by atoms with van der Waals surface area (Å²) in [5.74, 6) is 2.01. The summed E-state index contributed by atoms with van der Waals surface area (Å²) in [6, 6.07) is 7.16. The monoisotopic (exact) mass is 425 g/mol. The maximum atomic E-state index is 10.1. The lowest BCUT2D eigenvalue weighted by Gasteiger charge is -2.40. The molecule has 6 heteroatoms. The van der Waals surface area contributed by atoms with Gasteiger partial charge in [-0.2, -0.15) is 5.26 Å². The van der Waals surface area contributed by atoms with Gasteiger partial charge in [0.15, 0.2) is 11.5 Å². The van der Waals surface area contributed by atoms with Crippen molar-refractivity contribution in [1.82, 2.24) is 10.2 Å². The van der Waals surface area contributed by atoms with Crippen LogP contribution in [0.15, 0.2) is 17.7 Å². The molecule has 3 aliphatic rings. The molecular formula is C25H35N3O3. The third-order valence-corrected chi connectivity index (χ3v) is 6.84. The van der Waals surface area contributed by atoms with Crippen LogP contribution in [0.25, 0.3) is 5.70 Å². The van der Waals surface area contributed by atoms with Gasteiger partial charge in [0.25, 0.3) is 0 Å². The van der Waals surface area contributed by atoms with Crippen LogP contribution in [0.3, 0.4) is 0 Å². The summed E-state index contributed by atoms with van der Waals surface area (Å²) in [4.78, 5) is 2.43. The average molecular weight is 426 g/mol. The van der Waals surface area contributed by atoms with E-state index in [1.165, 1.54) is 24.8 Å². The first-order valence-electron chi connectivity index (χ1n) is 11.8. The lowest BCUT2D eigenvalue weighted by Crippen LogP contribution is -2.41. The van der Waals surface area contributed by atoms with Gasteiger partial charge in [0.1, 0.15) is 0 Å². The summed E-state index contributed by atoms with van der Waals surface area (Å²) in [6.07, 6.45) is 6.57. The van der Waals surface area contributed by atoms with Crippen molar-refractivity contribution < 1.29 is 14.2 Å². The van der Waals surface area contributed by atoms with Gasteiger partial charge in [-0.15, -0.1) is 0 Å². The van der Waals surface area contributed by atoms with Crippen molar-refractivity contribution in [1.29, 1.82) is 5.26 Å². The minimum Gasteiger partial charge on any atom is -0.493 e. The predicted molar refractivity (Wildman–Crippen MR) is 121 cm³/mol. The first kappa shape index (κ1) is 22.0. The van der Waals surface area contributed by atoms with Crippen LogP contribution >= 0.6 is 0 Å². The molecule has 1 aliphatic carbocycles. The molecule has 0 bridgehead atoms. The molecule has 6 nitrogen and oxygen atoms in total. The highest BCUT2D eigenvalue weighted by Gasteiger charge is 2.35. The van der Waals surface area contributed by atoms with E-state index in [4.69, 9.17) is 14.2 Å². The van der Waals surface area contributed by atoms with Gasteiger partial charge >= 0.3 is 0 Å². The Morgan fingerprint density at radius 3 is 2.77 bits per heavy atom. The highest BCUT2D eigenvalue weighted by molar-refractivity contribution is 5.77. The second-order valence-electron chi connectivity index (χ2n) is 8.69. The Morgan fingerprint density at radius 2 is 2.03 bits per heavy atom. The molecule has 2 aliphatic heterocycles. The first-order valence-corrected chi connectivity index (χ1v) is 11.8. The number of methoxy groups -OCH3 is 1. The number of ether oxygens (including phenoxy) is 3. The normalized spacial score (nSPS) is 24.9. The summed E-state index contributed by atoms with van der Waals surface area (Å²) in [6.45, 7) is 7.21. The number of fused-ring (bicyclic) bond motifs is 3. The van der Waals surface area contributed by atoms with E-state index in [-0.39, 0.29) is 0 Å². The average Bonchev–Trinajstić information content (AvgIpc) is 2.82. The van der Waals surface area contributed by atoms with Crippen LogP contribution in [0.1, 0.15) is 62.5 Å². The Bertz CT molecular complexity index is 839. The van der Waals surface area contributed by atoms with Gasteiger partial charge in [0.2, 0.25) is 0 Å². The molecule has 2 heterocycles. The van der Waals surface area contributed by atoms with Crippen molar-refractivity contribution in [3.63, 3.8) is 0 Å². The Balaban J connectivity index is 1.65. The Kier molecular flexibility index (Phi) is 7.37. The molecule has 1 saturated carbocycles. The number of nitrogens with one attached hydrogen (secondary N) is 1. The molecule has 2 fully saturated rings. The van der Waals surface area contributed by atoms with Crippen LogP contribution in [-0.4, -0.2) is 57.5 Å². The maximum Gasteiger partial charge on any atom is 0.161 e. The van der Waals surface area contributed by atoms with Crippen LogP contribution < -0.4 is 14.8 Å². The van der Waals surface area contributed by atoms with Crippen molar-refractivity contribution >= 4 is 5.70 Å². The fraction of sp³-hybridized carbons (Fsp3) is 0.640. The molecular weight excluding hydrogens is 390 g/mol. The van der Waals surface area contributed by atoms with E-state index < -0.39 is 0 Å². The van der Waals surface area contributed by atoms with Crippen molar-refractivity contribution in [2.45, 2.75) is 57.4 Å². The largest absolute Gasteiger partial charge is 0.493 e. The van der Waals surface area contributed by atoms with E-state index in [0.717, 1.165) is 80.4 Å². The fourth-order valence-electron chi connectivity index (χ4n) is 5.26. The van der Waals surface area contributed by atoms with Gasteiger partial charge in [0, 0.05) is 30.6 Å². The molecule has 1 aromatic rings. The van der Waals surface area contributed by atoms with Crippen molar-refractivity contribution in [3.05, 3.63) is 28.8 Å². The van der Waals surface area contributed by atoms with E-state index in [0.29, 0.717) is 18.6 Å². The number of hydrogen-bond donors (Lipinski definition) is 1. The molecule has 168 valence electrons. The topological polar surface area (TPSA) is 66.8 Å². The summed E-state index contributed by atoms with van der Waals surface area (Å²) < 4.78 is 17.0. The molecule has 31 heavy (non-hydrogen) atoms. The summed E-state index contributed by atoms with van der Waals surface area (Å²) in [5, 5.41) is 13.8. The van der Waals surface area contributed by atoms with Crippen LogP contribution in [0.5, 0.6) is 11.5 Å². The van der Waals surface area contributed by atoms with Crippen molar-refractivity contribution in [2.75, 3.05) is 46.6 Å². The van der Waals surface area contributed by atoms with E-state index in [9.17, 15) is 5.26 Å². The molecule has 0 aromatic heterocycles. The smallest absolute Gasteiger partial charge is 0.161 e. The van der Waals surface area contributed by atoms with Crippen molar-refractivity contribution in [2.24, 2.45) is 0 Å². The molecule has 0 unspecified atom stereocenters. The number of nitriles is 1. The van der Waals surface area contributed by atoms with Gasteiger partial charge < -0.3 is 19.5 Å². The van der Waals surface area contributed by atoms with Crippen LogP contribution in [-0.2, 0) is 4.74 Å². The second kappa shape index (κ2) is 10.4. The number of benzene rings is 1. The van der Waals surface area contributed by atoms with Crippen LogP contribution in [0.4, 0.5) is 0 Å². The highest BCUT2D eigenvalue weighted by Crippen LogP contribution is 2.46. The molecule has 0 amide bonds. The summed E-state index contributed by atoms with van der Waals surface area (Å²) in [5.41, 5.74) is 4.28. The molecule has 1 saturated heterocycles. The Morgan fingerprint density at radius 1 is 1.23 bits per heavy atom. The second-order valence-corrected chi connectivity index (χ2v) is 8.69. The molecule has 0 spiro atoms. The third-order valence-electron chi connectivity index (χ3n) is 6.84. The number of nitrogens with zero attached hydrogens (tertiary/aromatic N) is 2. The first-order chi connectivity index (χ1) is 15.2. The zero-order chi connectivity index (χ0) is 21.6. The van der Waals surface area contributed by atoms with Crippen LogP contribution in [0, 0.1) is 11.3 Å². The SMILES string of the molecule is CCOc1cc2c(cc1OC)/C(=C(/C#N)CCCN1CCOCC1)N[C@@H]1CCCC[C@H]21. The zero-order valence-electron chi connectivity index (χ0n) is 18.9. The van der Waals surface area contributed by atoms with Crippen LogP contribution in [0.2, 0.25) is 0 Å². The molecule has 4 rings (SSSR count). The van der Waals surface area contributed by atoms with Gasteiger partial charge in [0.05, 0.1) is 44.3 Å². The maximum absolute atomic E-state index is 10.1. The third kappa shape index (κ3) is 4.83. The van der Waals surface area contributed by atoms with Gasteiger partial charge in [-0.05, 0) is 56.8 Å². The quantitative estimate of drug-likeness (QED) is 0.665. The number of hydrogen-bond acceptors (Lipinski definition) is 6. The Hall–Kier alpha value is -2.23. The number of rotatable bonds is 7. The summed E-state index contributed by atoms with van der Waals surface area (Å²) in [7, 11) is 1.68. The van der Waals surface area contributed by atoms with E-state index in [2.05, 4.69) is 28.4 Å². The minimum absolute atomic E-state index is 0.390. The zero-order valence-corrected chi connectivity index (χ0v) is 18.9. The van der Waals surface area contributed by atoms with Gasteiger partial charge in [-0.25, -0.2) is 0 Å². The highest BCUT2D eigenvalue weighted by atomic mass is 16.5. The van der Waals surface area contributed by atoms with Crippen molar-refractivity contribution in [3.8, 4) is 17.6 Å². The fourth-order valence-corrected chi connectivity index (χ4v) is 5.26. The van der Waals surface area contributed by atoms with Gasteiger partial charge in [-0.1, -0.05) is 12.8 Å². The van der Waals surface area contributed by atoms with Gasteiger partial charge in [-0.3, -0.25) is 4.90 Å². The molecule has 1 aromatic carbocycles. The van der Waals surface area contributed by atoms with E-state index in [1.807, 2.05) is 6.92 Å². The lowest BCUT2D eigenvalue weighted by molar-refractivity contribution is 0.0375. The predicted octanol–water partition coefficient (Wildman–Crippen LogP) is 4.07. The lowest BCUT2D eigenvalue weighted by atomic mass is 9.74. The summed E-state index contributed by atoms with van der Waals surface area (Å²) >= 11 is 0. The minimum atomic E-state index is 0.390. The standard InChI is InChI=1S/C25H35N3O3/c1-3-31-24-15-20-19-8-4-5-9-22(19)27-25(21(20)16-23(24)29-2)18(17-26)7-6-10-28-11-13-30-14-12-28/h15-16,19,22,27H,3-14H2,1-2H3/b25-18-/t19-,22-/m1/s1. The molecule has 2 atom stereocenters. The number of allylic oxidation sites excluding steroid dienone is 1. The Labute approximate surface area is 186 Å². The van der Waals surface area contributed by atoms with E-state index >= 15 is 0 Å². The van der Waals surface area contributed by atoms with E-state index in [1.54, 1.807) is 7.11 Å².